The monoisotopic (exact) mass is 387 g/mol. The number of rotatable bonds is 7. The predicted molar refractivity (Wildman–Crippen MR) is 108 cm³/mol. The highest BCUT2D eigenvalue weighted by Crippen LogP contribution is 2.30. The maximum atomic E-state index is 13.0. The van der Waals surface area contributed by atoms with Gasteiger partial charge in [0.15, 0.2) is 11.5 Å². The largest absolute Gasteiger partial charge is 0.493 e. The third kappa shape index (κ3) is 5.08. The zero-order valence-electron chi connectivity index (χ0n) is 15.8. The van der Waals surface area contributed by atoms with Gasteiger partial charge in [0.25, 0.3) is 0 Å². The number of ether oxygens (including phenoxy) is 2. The van der Waals surface area contributed by atoms with Gasteiger partial charge < -0.3 is 9.47 Å². The van der Waals surface area contributed by atoms with Crippen molar-refractivity contribution in [3.8, 4) is 17.6 Å². The molecule has 0 aliphatic rings. The van der Waals surface area contributed by atoms with Gasteiger partial charge >= 0.3 is 0 Å². The zero-order valence-corrected chi connectivity index (χ0v) is 15.8. The van der Waals surface area contributed by atoms with Crippen LogP contribution in [0.4, 0.5) is 4.39 Å². The molecule has 3 rings (SSSR count). The lowest BCUT2D eigenvalue weighted by atomic mass is 10.0. The number of carbonyl (C=O) groups excluding carboxylic acids is 1. The number of allylic oxidation sites excluding steroid dienone is 1. The molecular weight excluding hydrogens is 369 g/mol. The molecule has 0 unspecified atom stereocenters. The van der Waals surface area contributed by atoms with E-state index in [4.69, 9.17) is 9.47 Å². The van der Waals surface area contributed by atoms with Crippen LogP contribution in [0, 0.1) is 17.1 Å². The normalized spacial score (nSPS) is 10.9. The van der Waals surface area contributed by atoms with E-state index in [0.29, 0.717) is 22.6 Å². The highest BCUT2D eigenvalue weighted by Gasteiger charge is 2.13. The molecule has 0 saturated carbocycles. The van der Waals surface area contributed by atoms with Crippen LogP contribution in [0.5, 0.6) is 11.5 Å². The molecule has 0 aromatic heterocycles. The van der Waals surface area contributed by atoms with Crippen molar-refractivity contribution in [1.29, 1.82) is 5.26 Å². The molecular formula is C24H18FNO3. The Bertz CT molecular complexity index is 1070. The maximum Gasteiger partial charge on any atom is 0.203 e. The molecule has 3 aromatic carbocycles. The minimum Gasteiger partial charge on any atom is -0.493 e. The number of nitrogens with zero attached hydrogens (tertiary/aromatic N) is 1. The Kier molecular flexibility index (Phi) is 6.39. The van der Waals surface area contributed by atoms with Gasteiger partial charge in [0, 0.05) is 5.56 Å². The first kappa shape index (κ1) is 19.8. The lowest BCUT2D eigenvalue weighted by Crippen LogP contribution is -2.01. The van der Waals surface area contributed by atoms with E-state index in [1.165, 1.54) is 25.3 Å². The molecule has 0 spiro atoms. The summed E-state index contributed by atoms with van der Waals surface area (Å²) < 4.78 is 24.1. The van der Waals surface area contributed by atoms with Gasteiger partial charge in [0.1, 0.15) is 24.1 Å². The number of hydrogen-bond donors (Lipinski definition) is 0. The molecule has 0 heterocycles. The van der Waals surface area contributed by atoms with Crippen molar-refractivity contribution in [2.75, 3.05) is 7.11 Å². The molecule has 5 heteroatoms. The Morgan fingerprint density at radius 2 is 1.76 bits per heavy atom. The third-order valence-corrected chi connectivity index (χ3v) is 4.21. The smallest absolute Gasteiger partial charge is 0.203 e. The number of hydrogen-bond acceptors (Lipinski definition) is 4. The molecule has 0 saturated heterocycles. The molecule has 29 heavy (non-hydrogen) atoms. The Labute approximate surface area is 168 Å². The highest BCUT2D eigenvalue weighted by atomic mass is 19.1. The number of nitriles is 1. The number of benzene rings is 3. The van der Waals surface area contributed by atoms with Crippen molar-refractivity contribution < 1.29 is 18.7 Å². The lowest BCUT2D eigenvalue weighted by Gasteiger charge is -2.11. The fourth-order valence-corrected chi connectivity index (χ4v) is 2.70. The molecule has 144 valence electrons. The van der Waals surface area contributed by atoms with Crippen LogP contribution in [0.1, 0.15) is 21.5 Å². The second kappa shape index (κ2) is 9.34. The van der Waals surface area contributed by atoms with Crippen LogP contribution in [-0.4, -0.2) is 12.9 Å². The van der Waals surface area contributed by atoms with Crippen molar-refractivity contribution in [3.05, 3.63) is 101 Å². The Morgan fingerprint density at radius 3 is 2.41 bits per heavy atom. The van der Waals surface area contributed by atoms with E-state index in [1.54, 1.807) is 54.6 Å². The molecule has 0 aliphatic heterocycles. The molecule has 4 nitrogen and oxygen atoms in total. The van der Waals surface area contributed by atoms with E-state index in [-0.39, 0.29) is 23.8 Å². The van der Waals surface area contributed by atoms with Gasteiger partial charge in [-0.2, -0.15) is 5.26 Å². The van der Waals surface area contributed by atoms with E-state index in [2.05, 4.69) is 0 Å². The number of halogens is 1. The molecule has 0 bridgehead atoms. The second-order valence-electron chi connectivity index (χ2n) is 6.19. The summed E-state index contributed by atoms with van der Waals surface area (Å²) in [6.45, 7) is 0.252. The topological polar surface area (TPSA) is 59.3 Å². The van der Waals surface area contributed by atoms with Crippen LogP contribution in [0.2, 0.25) is 0 Å². The number of carbonyl (C=O) groups is 1. The Hall–Kier alpha value is -3.91. The average molecular weight is 387 g/mol. The van der Waals surface area contributed by atoms with Crippen LogP contribution < -0.4 is 9.47 Å². The summed E-state index contributed by atoms with van der Waals surface area (Å²) in [6.07, 6.45) is 1.52. The second-order valence-corrected chi connectivity index (χ2v) is 6.19. The van der Waals surface area contributed by atoms with Crippen LogP contribution in [0.3, 0.4) is 0 Å². The fourth-order valence-electron chi connectivity index (χ4n) is 2.70. The van der Waals surface area contributed by atoms with Crippen molar-refractivity contribution in [3.63, 3.8) is 0 Å². The molecule has 0 atom stereocenters. The van der Waals surface area contributed by atoms with Gasteiger partial charge in [-0.3, -0.25) is 4.79 Å². The first-order valence-electron chi connectivity index (χ1n) is 8.87. The lowest BCUT2D eigenvalue weighted by molar-refractivity contribution is 0.104. The summed E-state index contributed by atoms with van der Waals surface area (Å²) in [7, 11) is 1.51. The summed E-state index contributed by atoms with van der Waals surface area (Å²) in [5, 5.41) is 9.41. The standard InChI is InChI=1S/C24H18FNO3/c1-28-23-14-18(13-20(15-26)24(27)19-5-3-2-4-6-19)9-12-22(23)29-16-17-7-10-21(25)11-8-17/h2-14H,16H2,1H3/b20-13+. The minimum atomic E-state index is -0.344. The average Bonchev–Trinajstić information content (AvgIpc) is 2.77. The van der Waals surface area contributed by atoms with Gasteiger partial charge in [-0.1, -0.05) is 48.5 Å². The van der Waals surface area contributed by atoms with Crippen molar-refractivity contribution in [2.45, 2.75) is 6.61 Å². The van der Waals surface area contributed by atoms with Gasteiger partial charge in [0.2, 0.25) is 5.78 Å². The van der Waals surface area contributed by atoms with Gasteiger partial charge in [-0.15, -0.1) is 0 Å². The zero-order chi connectivity index (χ0) is 20.6. The van der Waals surface area contributed by atoms with E-state index in [1.807, 2.05) is 12.1 Å². The van der Waals surface area contributed by atoms with E-state index in [9.17, 15) is 14.4 Å². The first-order chi connectivity index (χ1) is 14.1. The summed E-state index contributed by atoms with van der Waals surface area (Å²) in [5.41, 5.74) is 1.93. The van der Waals surface area contributed by atoms with E-state index < -0.39 is 0 Å². The number of Topliss-reactive ketones (excluding diaryl/α,β-unsaturated/α-hetero) is 1. The molecule has 0 fully saturated rings. The number of methoxy groups -OCH3 is 1. The fraction of sp³-hybridized carbons (Fsp3) is 0.0833. The molecule has 0 radical (unpaired) electrons. The third-order valence-electron chi connectivity index (χ3n) is 4.21. The van der Waals surface area contributed by atoms with Gasteiger partial charge in [-0.25, -0.2) is 4.39 Å². The SMILES string of the molecule is COc1cc(/C=C(\C#N)C(=O)c2ccccc2)ccc1OCc1ccc(F)cc1. The van der Waals surface area contributed by atoms with Crippen LogP contribution >= 0.6 is 0 Å². The van der Waals surface area contributed by atoms with E-state index >= 15 is 0 Å². The first-order valence-corrected chi connectivity index (χ1v) is 8.87. The predicted octanol–water partition coefficient (Wildman–Crippen LogP) is 5.20. The maximum absolute atomic E-state index is 13.0. The van der Waals surface area contributed by atoms with Crippen molar-refractivity contribution >= 4 is 11.9 Å². The molecule has 0 amide bonds. The summed E-state index contributed by atoms with van der Waals surface area (Å²) in [5.74, 6) is 0.316. The van der Waals surface area contributed by atoms with Crippen LogP contribution in [-0.2, 0) is 6.61 Å². The van der Waals surface area contributed by atoms with Crippen LogP contribution in [0.15, 0.2) is 78.4 Å². The summed E-state index contributed by atoms with van der Waals surface area (Å²) in [4.78, 5) is 12.5. The Balaban J connectivity index is 1.80. The summed E-state index contributed by atoms with van der Waals surface area (Å²) in [6, 6.07) is 21.8. The number of ketones is 1. The minimum absolute atomic E-state index is 0.0261. The van der Waals surface area contributed by atoms with Crippen molar-refractivity contribution in [2.24, 2.45) is 0 Å². The molecule has 0 aliphatic carbocycles. The highest BCUT2D eigenvalue weighted by molar-refractivity contribution is 6.14. The molecule has 0 N–H and O–H groups in total. The Morgan fingerprint density at radius 1 is 1.03 bits per heavy atom. The van der Waals surface area contributed by atoms with Crippen LogP contribution in [0.25, 0.3) is 6.08 Å². The quantitative estimate of drug-likeness (QED) is 0.317. The van der Waals surface area contributed by atoms with Gasteiger partial charge in [-0.05, 0) is 41.5 Å². The summed E-state index contributed by atoms with van der Waals surface area (Å²) >= 11 is 0. The van der Waals surface area contributed by atoms with E-state index in [0.717, 1.165) is 5.56 Å². The van der Waals surface area contributed by atoms with Crippen molar-refractivity contribution in [1.82, 2.24) is 0 Å². The molecule has 3 aromatic rings. The van der Waals surface area contributed by atoms with Gasteiger partial charge in [0.05, 0.1) is 7.11 Å².